The Bertz CT molecular complexity index is 4060. The van der Waals surface area contributed by atoms with E-state index in [4.69, 9.17) is 0 Å². The lowest BCUT2D eigenvalue weighted by molar-refractivity contribution is 1.29. The molecule has 13 aromatic rings. The minimum absolute atomic E-state index is 1.09. The zero-order chi connectivity index (χ0) is 46.7. The minimum atomic E-state index is 1.09. The Labute approximate surface area is 415 Å². The number of thiophene rings is 2. The van der Waals surface area contributed by atoms with Gasteiger partial charge in [-0.15, -0.1) is 22.7 Å². The lowest BCUT2D eigenvalue weighted by atomic mass is 9.90. The van der Waals surface area contributed by atoms with Crippen LogP contribution in [0, 0.1) is 13.8 Å². The van der Waals surface area contributed by atoms with Gasteiger partial charge >= 0.3 is 0 Å². The molecule has 0 amide bonds. The van der Waals surface area contributed by atoms with Crippen molar-refractivity contribution < 1.29 is 0 Å². The summed E-state index contributed by atoms with van der Waals surface area (Å²) >= 11 is 3.76. The Morgan fingerprint density at radius 2 is 0.786 bits per heavy atom. The highest BCUT2D eigenvalue weighted by Gasteiger charge is 2.22. The minimum Gasteiger partial charge on any atom is -0.310 e. The maximum atomic E-state index is 4.47. The summed E-state index contributed by atoms with van der Waals surface area (Å²) in [5, 5.41) is 7.37. The van der Waals surface area contributed by atoms with Crippen LogP contribution in [0.25, 0.3) is 84.5 Å². The number of fused-ring (bicyclic) bond motifs is 7. The van der Waals surface area contributed by atoms with Crippen molar-refractivity contribution >= 4 is 108 Å². The number of rotatable bonds is 9. The van der Waals surface area contributed by atoms with Crippen LogP contribution in [0.15, 0.2) is 237 Å². The van der Waals surface area contributed by atoms with E-state index < -0.39 is 0 Å². The largest absolute Gasteiger partial charge is 0.310 e. The smallest absolute Gasteiger partial charge is 0.0475 e. The highest BCUT2D eigenvalue weighted by Crippen LogP contribution is 2.48. The van der Waals surface area contributed by atoms with Crippen molar-refractivity contribution in [1.29, 1.82) is 0 Å². The third-order valence-electron chi connectivity index (χ3n) is 13.7. The third-order valence-corrected chi connectivity index (χ3v) is 16.2. The summed E-state index contributed by atoms with van der Waals surface area (Å²) in [7, 11) is 0. The lowest BCUT2D eigenvalue weighted by Gasteiger charge is -2.27. The van der Waals surface area contributed by atoms with Crippen molar-refractivity contribution in [1.82, 2.24) is 4.98 Å². The Balaban J connectivity index is 0.930. The SMILES string of the molecule is Cc1cc(-c2cc(N(c3ccccc3)c3ccccc3)cc3c2sc2ccccc23)ccc1-c1ccc(-c2cc(N(c3ccccc3)c3ccc4ccncc4c3)cc3c2sc2ccccc23)cc1C. The molecule has 332 valence electrons. The second-order valence-corrected chi connectivity index (χ2v) is 20.2. The second kappa shape index (κ2) is 17.3. The molecule has 3 heterocycles. The molecule has 0 atom stereocenters. The number of aromatic nitrogens is 1. The molecule has 3 aromatic heterocycles. The van der Waals surface area contributed by atoms with Crippen LogP contribution in [-0.2, 0) is 0 Å². The zero-order valence-corrected chi connectivity index (χ0v) is 40.3. The van der Waals surface area contributed by atoms with Gasteiger partial charge in [-0.2, -0.15) is 0 Å². The second-order valence-electron chi connectivity index (χ2n) is 18.1. The third kappa shape index (κ3) is 7.30. The standard InChI is InChI=1S/C65H45N3S2/c1-42-34-45(58-37-52(39-60-56-22-12-14-24-62(56)69-64(58)60)67(48-16-6-3-7-17-48)49-18-8-4-9-19-49)27-30-54(42)55-31-28-46(35-43(55)2)59-38-53(40-61-57-23-13-15-25-63(57)70-65(59)61)68(50-20-10-5-11-21-50)51-29-26-44-32-33-66-41-47(44)36-51/h3-41H,1-2H3. The van der Waals surface area contributed by atoms with Crippen molar-refractivity contribution in [2.45, 2.75) is 13.8 Å². The molecule has 13 rings (SSSR count). The number of hydrogen-bond donors (Lipinski definition) is 0. The normalized spacial score (nSPS) is 11.6. The number of benzene rings is 10. The molecule has 0 saturated heterocycles. The molecule has 0 fully saturated rings. The summed E-state index contributed by atoms with van der Waals surface area (Å²) in [5.74, 6) is 0. The molecule has 0 spiro atoms. The number of hydrogen-bond acceptors (Lipinski definition) is 5. The number of para-hydroxylation sites is 3. The van der Waals surface area contributed by atoms with E-state index in [0.717, 1.165) is 39.5 Å². The van der Waals surface area contributed by atoms with E-state index in [-0.39, 0.29) is 0 Å². The first-order chi connectivity index (χ1) is 34.5. The monoisotopic (exact) mass is 931 g/mol. The summed E-state index contributed by atoms with van der Waals surface area (Å²) in [6, 6.07) is 82.2. The number of nitrogens with zero attached hydrogens (tertiary/aromatic N) is 3. The van der Waals surface area contributed by atoms with E-state index in [1.165, 1.54) is 90.2 Å². The number of pyridine rings is 1. The number of anilines is 6. The Morgan fingerprint density at radius 3 is 1.27 bits per heavy atom. The molecule has 0 radical (unpaired) electrons. The Hall–Kier alpha value is -8.35. The van der Waals surface area contributed by atoms with Gasteiger partial charge in [-0.05, 0) is 144 Å². The van der Waals surface area contributed by atoms with Gasteiger partial charge < -0.3 is 9.80 Å². The van der Waals surface area contributed by atoms with Crippen LogP contribution in [0.5, 0.6) is 0 Å². The van der Waals surface area contributed by atoms with E-state index in [0.29, 0.717) is 0 Å². The molecule has 0 N–H and O–H groups in total. The quantitative estimate of drug-likeness (QED) is 0.144. The van der Waals surface area contributed by atoms with Crippen LogP contribution in [0.2, 0.25) is 0 Å². The van der Waals surface area contributed by atoms with Gasteiger partial charge in [-0.25, -0.2) is 0 Å². The number of aryl methyl sites for hydroxylation is 2. The van der Waals surface area contributed by atoms with E-state index >= 15 is 0 Å². The fourth-order valence-electron chi connectivity index (χ4n) is 10.4. The molecule has 0 aliphatic heterocycles. The first kappa shape index (κ1) is 41.8. The van der Waals surface area contributed by atoms with Gasteiger partial charge in [0.15, 0.2) is 0 Å². The van der Waals surface area contributed by atoms with Crippen LogP contribution in [-0.4, -0.2) is 4.98 Å². The fourth-order valence-corrected chi connectivity index (χ4v) is 12.9. The van der Waals surface area contributed by atoms with Gasteiger partial charge in [0.05, 0.1) is 0 Å². The Kier molecular flexibility index (Phi) is 10.3. The molecule has 0 aliphatic rings. The molecule has 0 unspecified atom stereocenters. The first-order valence-electron chi connectivity index (χ1n) is 23.7. The average Bonchev–Trinajstić information content (AvgIpc) is 3.98. The van der Waals surface area contributed by atoms with Crippen LogP contribution in [0.4, 0.5) is 34.1 Å². The predicted molar refractivity (Wildman–Crippen MR) is 303 cm³/mol. The van der Waals surface area contributed by atoms with Gasteiger partial charge in [0.1, 0.15) is 0 Å². The molecular formula is C65H45N3S2. The molecule has 70 heavy (non-hydrogen) atoms. The summed E-state index contributed by atoms with van der Waals surface area (Å²) in [6.45, 7) is 4.53. The van der Waals surface area contributed by atoms with E-state index in [2.05, 4.69) is 253 Å². The first-order valence-corrected chi connectivity index (χ1v) is 25.4. The highest BCUT2D eigenvalue weighted by molar-refractivity contribution is 7.26. The van der Waals surface area contributed by atoms with E-state index in [1.807, 2.05) is 35.1 Å². The molecule has 0 aliphatic carbocycles. The van der Waals surface area contributed by atoms with Gasteiger partial charge in [0.25, 0.3) is 0 Å². The predicted octanol–water partition coefficient (Wildman–Crippen LogP) is 19.5. The molecule has 10 aromatic carbocycles. The molecule has 5 heteroatoms. The zero-order valence-electron chi connectivity index (χ0n) is 38.7. The van der Waals surface area contributed by atoms with Crippen molar-refractivity contribution in [3.05, 3.63) is 248 Å². The van der Waals surface area contributed by atoms with Crippen LogP contribution < -0.4 is 9.80 Å². The van der Waals surface area contributed by atoms with E-state index in [1.54, 1.807) is 0 Å². The van der Waals surface area contributed by atoms with Crippen LogP contribution in [0.3, 0.4) is 0 Å². The summed E-state index contributed by atoms with van der Waals surface area (Å²) in [4.78, 5) is 9.23. The molecule has 3 nitrogen and oxygen atoms in total. The molecule has 0 saturated carbocycles. The van der Waals surface area contributed by atoms with Crippen LogP contribution >= 0.6 is 22.7 Å². The van der Waals surface area contributed by atoms with Crippen molar-refractivity contribution in [3.8, 4) is 33.4 Å². The highest BCUT2D eigenvalue weighted by atomic mass is 32.1. The van der Waals surface area contributed by atoms with E-state index in [9.17, 15) is 0 Å². The lowest BCUT2D eigenvalue weighted by Crippen LogP contribution is -2.10. The van der Waals surface area contributed by atoms with Gasteiger partial charge in [0.2, 0.25) is 0 Å². The van der Waals surface area contributed by atoms with Crippen molar-refractivity contribution in [3.63, 3.8) is 0 Å². The summed E-state index contributed by atoms with van der Waals surface area (Å²) in [5.41, 5.74) is 16.5. The molecular weight excluding hydrogens is 887 g/mol. The average molecular weight is 932 g/mol. The topological polar surface area (TPSA) is 19.4 Å². The van der Waals surface area contributed by atoms with Gasteiger partial charge in [-0.1, -0.05) is 133 Å². The van der Waals surface area contributed by atoms with Crippen molar-refractivity contribution in [2.24, 2.45) is 0 Å². The van der Waals surface area contributed by atoms with Crippen LogP contribution in [0.1, 0.15) is 11.1 Å². The van der Waals surface area contributed by atoms with Crippen molar-refractivity contribution in [2.75, 3.05) is 9.80 Å². The molecule has 0 bridgehead atoms. The Morgan fingerprint density at radius 1 is 0.329 bits per heavy atom. The van der Waals surface area contributed by atoms with Gasteiger partial charge in [-0.3, -0.25) is 4.98 Å². The summed E-state index contributed by atoms with van der Waals surface area (Å²) < 4.78 is 5.18. The van der Waals surface area contributed by atoms with Gasteiger partial charge in [0, 0.05) is 103 Å². The summed E-state index contributed by atoms with van der Waals surface area (Å²) in [6.07, 6.45) is 3.81. The maximum Gasteiger partial charge on any atom is 0.0475 e. The maximum absolute atomic E-state index is 4.47. The fraction of sp³-hybridized carbons (Fsp3) is 0.0308.